The summed E-state index contributed by atoms with van der Waals surface area (Å²) in [5.41, 5.74) is 5.54. The molecule has 1 rings (SSSR count). The average Bonchev–Trinajstić information content (AvgIpc) is 2.61. The monoisotopic (exact) mass is 337 g/mol. The van der Waals surface area contributed by atoms with Crippen LogP contribution in [0, 0.1) is 5.92 Å². The summed E-state index contributed by atoms with van der Waals surface area (Å²) in [6.07, 6.45) is 3.79. The zero-order valence-electron chi connectivity index (χ0n) is 9.97. The van der Waals surface area contributed by atoms with E-state index in [0.29, 0.717) is 18.4 Å². The number of nitrogens with two attached hydrogens (primary N) is 1. The van der Waals surface area contributed by atoms with Crippen LogP contribution in [0.25, 0.3) is 0 Å². The number of imidazole rings is 1. The molecule has 0 spiro atoms. The van der Waals surface area contributed by atoms with E-state index in [1.165, 1.54) is 0 Å². The van der Waals surface area contributed by atoms with E-state index in [9.17, 15) is 0 Å². The Hall–Kier alpha value is -0.790. The van der Waals surface area contributed by atoms with Gasteiger partial charge in [-0.15, -0.1) is 24.0 Å². The van der Waals surface area contributed by atoms with Crippen LogP contribution in [0.5, 0.6) is 0 Å². The number of nitrogens with zero attached hydrogens (tertiary/aromatic N) is 3. The van der Waals surface area contributed by atoms with E-state index in [4.69, 9.17) is 5.73 Å². The fraction of sp³-hybridized carbons (Fsp3) is 0.600. The Morgan fingerprint density at radius 2 is 2.31 bits per heavy atom. The first kappa shape index (κ1) is 15.2. The zero-order valence-corrected chi connectivity index (χ0v) is 12.3. The smallest absolute Gasteiger partial charge is 0.188 e. The summed E-state index contributed by atoms with van der Waals surface area (Å²) in [7, 11) is 1.66. The summed E-state index contributed by atoms with van der Waals surface area (Å²) >= 11 is 0. The average molecular weight is 337 g/mol. The van der Waals surface area contributed by atoms with Gasteiger partial charge in [0, 0.05) is 26.0 Å². The lowest BCUT2D eigenvalue weighted by atomic mass is 10.2. The third-order valence-electron chi connectivity index (χ3n) is 2.03. The Kier molecular flexibility index (Phi) is 7.11. The van der Waals surface area contributed by atoms with Gasteiger partial charge in [0.2, 0.25) is 0 Å². The molecule has 0 aliphatic heterocycles. The van der Waals surface area contributed by atoms with Gasteiger partial charge in [0.1, 0.15) is 5.82 Å². The minimum atomic E-state index is 0. The van der Waals surface area contributed by atoms with Gasteiger partial charge >= 0.3 is 0 Å². The summed E-state index contributed by atoms with van der Waals surface area (Å²) in [5, 5.41) is 2.99. The van der Waals surface area contributed by atoms with E-state index < -0.39 is 0 Å². The van der Waals surface area contributed by atoms with Crippen molar-refractivity contribution in [3.05, 3.63) is 18.2 Å². The van der Waals surface area contributed by atoms with Crippen molar-refractivity contribution in [2.24, 2.45) is 16.6 Å². The Morgan fingerprint density at radius 1 is 1.62 bits per heavy atom. The molecule has 0 bridgehead atoms. The summed E-state index contributed by atoms with van der Waals surface area (Å²) < 4.78 is 2.13. The second kappa shape index (κ2) is 7.48. The number of rotatable bonds is 4. The lowest BCUT2D eigenvalue weighted by Crippen LogP contribution is -2.31. The molecule has 1 aromatic heterocycles. The topological polar surface area (TPSA) is 68.2 Å². The van der Waals surface area contributed by atoms with Crippen LogP contribution in [-0.2, 0) is 13.1 Å². The highest BCUT2D eigenvalue weighted by molar-refractivity contribution is 14.0. The third-order valence-corrected chi connectivity index (χ3v) is 2.03. The number of guanidine groups is 1. The lowest BCUT2D eigenvalue weighted by Gasteiger charge is -2.10. The van der Waals surface area contributed by atoms with E-state index in [1.54, 1.807) is 13.2 Å². The number of nitrogens with one attached hydrogen (secondary N) is 1. The molecular weight excluding hydrogens is 317 g/mol. The summed E-state index contributed by atoms with van der Waals surface area (Å²) in [6.45, 7) is 5.95. The van der Waals surface area contributed by atoms with Gasteiger partial charge in [-0.2, -0.15) is 0 Å². The van der Waals surface area contributed by atoms with Crippen LogP contribution in [0.4, 0.5) is 0 Å². The molecule has 0 unspecified atom stereocenters. The zero-order chi connectivity index (χ0) is 11.3. The number of halogens is 1. The van der Waals surface area contributed by atoms with Gasteiger partial charge < -0.3 is 15.6 Å². The Bertz CT molecular complexity index is 332. The van der Waals surface area contributed by atoms with Crippen LogP contribution >= 0.6 is 24.0 Å². The van der Waals surface area contributed by atoms with E-state index in [-0.39, 0.29) is 24.0 Å². The van der Waals surface area contributed by atoms with E-state index in [1.807, 2.05) is 6.20 Å². The highest BCUT2D eigenvalue weighted by atomic mass is 127. The summed E-state index contributed by atoms with van der Waals surface area (Å²) in [4.78, 5) is 8.09. The number of aliphatic imine (C=N–C) groups is 1. The standard InChI is InChI=1S/C10H19N5.HI/c1-8(2)7-15-5-4-13-9(15)6-14-10(11)12-3;/h4-5,8H,6-7H2,1-3H3,(H3,11,12,14);1H. The third kappa shape index (κ3) is 4.82. The molecule has 16 heavy (non-hydrogen) atoms. The highest BCUT2D eigenvalue weighted by Gasteiger charge is 2.04. The number of aromatic nitrogens is 2. The molecule has 0 saturated carbocycles. The number of hydrogen-bond donors (Lipinski definition) is 2. The first-order valence-corrected chi connectivity index (χ1v) is 5.09. The van der Waals surface area contributed by atoms with E-state index in [0.717, 1.165) is 12.4 Å². The molecule has 3 N–H and O–H groups in total. The molecule has 0 aliphatic rings. The molecule has 5 nitrogen and oxygen atoms in total. The van der Waals surface area contributed by atoms with Crippen molar-refractivity contribution >= 4 is 29.9 Å². The van der Waals surface area contributed by atoms with Crippen LogP contribution in [-0.4, -0.2) is 22.6 Å². The minimum absolute atomic E-state index is 0. The molecule has 0 radical (unpaired) electrons. The van der Waals surface area contributed by atoms with Crippen molar-refractivity contribution in [1.82, 2.24) is 14.9 Å². The Balaban J connectivity index is 0.00000225. The van der Waals surface area contributed by atoms with Gasteiger partial charge in [0.05, 0.1) is 6.54 Å². The van der Waals surface area contributed by atoms with Crippen LogP contribution in [0.1, 0.15) is 19.7 Å². The number of hydrogen-bond acceptors (Lipinski definition) is 2. The predicted molar refractivity (Wildman–Crippen MR) is 76.9 cm³/mol. The van der Waals surface area contributed by atoms with Crippen LogP contribution in [0.3, 0.4) is 0 Å². The Morgan fingerprint density at radius 3 is 2.88 bits per heavy atom. The Labute approximate surface area is 114 Å². The molecule has 0 amide bonds. The molecule has 0 aliphatic carbocycles. The van der Waals surface area contributed by atoms with Gasteiger partial charge in [-0.1, -0.05) is 13.8 Å². The van der Waals surface area contributed by atoms with Crippen molar-refractivity contribution in [3.63, 3.8) is 0 Å². The van der Waals surface area contributed by atoms with E-state index >= 15 is 0 Å². The van der Waals surface area contributed by atoms with Crippen molar-refractivity contribution in [3.8, 4) is 0 Å². The fourth-order valence-electron chi connectivity index (χ4n) is 1.32. The van der Waals surface area contributed by atoms with Crippen molar-refractivity contribution < 1.29 is 0 Å². The van der Waals surface area contributed by atoms with Crippen LogP contribution in [0.2, 0.25) is 0 Å². The maximum absolute atomic E-state index is 5.54. The molecule has 1 heterocycles. The molecule has 0 saturated heterocycles. The van der Waals surface area contributed by atoms with Gasteiger partial charge in [0.15, 0.2) is 5.96 Å². The quantitative estimate of drug-likeness (QED) is 0.493. The molecule has 92 valence electrons. The van der Waals surface area contributed by atoms with E-state index in [2.05, 4.69) is 33.7 Å². The van der Waals surface area contributed by atoms with Crippen molar-refractivity contribution in [2.45, 2.75) is 26.9 Å². The molecule has 0 atom stereocenters. The lowest BCUT2D eigenvalue weighted by molar-refractivity contribution is 0.504. The first-order chi connectivity index (χ1) is 7.13. The fourth-order valence-corrected chi connectivity index (χ4v) is 1.32. The second-order valence-electron chi connectivity index (χ2n) is 3.85. The van der Waals surface area contributed by atoms with Gasteiger partial charge in [-0.25, -0.2) is 4.98 Å². The molecule has 1 aromatic rings. The summed E-state index contributed by atoms with van der Waals surface area (Å²) in [6, 6.07) is 0. The second-order valence-corrected chi connectivity index (χ2v) is 3.85. The van der Waals surface area contributed by atoms with Crippen molar-refractivity contribution in [2.75, 3.05) is 7.05 Å². The highest BCUT2D eigenvalue weighted by Crippen LogP contribution is 2.03. The largest absolute Gasteiger partial charge is 0.370 e. The van der Waals surface area contributed by atoms with Gasteiger partial charge in [0.25, 0.3) is 0 Å². The van der Waals surface area contributed by atoms with Gasteiger partial charge in [-0.05, 0) is 5.92 Å². The predicted octanol–water partition coefficient (Wildman–Crippen LogP) is 1.19. The molecule has 0 fully saturated rings. The summed E-state index contributed by atoms with van der Waals surface area (Å²) in [5.74, 6) is 2.03. The maximum atomic E-state index is 5.54. The molecular formula is C10H20IN5. The van der Waals surface area contributed by atoms with Crippen LogP contribution < -0.4 is 11.1 Å². The molecule has 0 aromatic carbocycles. The maximum Gasteiger partial charge on any atom is 0.188 e. The van der Waals surface area contributed by atoms with Gasteiger partial charge in [-0.3, -0.25) is 4.99 Å². The van der Waals surface area contributed by atoms with Crippen LogP contribution in [0.15, 0.2) is 17.4 Å². The minimum Gasteiger partial charge on any atom is -0.370 e. The SMILES string of the molecule is CN=C(N)NCc1nccn1CC(C)C.I. The normalized spacial score (nSPS) is 11.4. The molecule has 6 heteroatoms. The first-order valence-electron chi connectivity index (χ1n) is 5.09. The van der Waals surface area contributed by atoms with Crippen molar-refractivity contribution in [1.29, 1.82) is 0 Å².